The summed E-state index contributed by atoms with van der Waals surface area (Å²) in [6.45, 7) is 0. The average molecular weight is 245 g/mol. The molecule has 8 heteroatoms. The third kappa shape index (κ3) is 10.4. The van der Waals surface area contributed by atoms with Gasteiger partial charge in [-0.3, -0.25) is 4.18 Å². The van der Waals surface area contributed by atoms with Crippen molar-refractivity contribution in [1.29, 1.82) is 0 Å². The molecular weight excluding hydrogens is 228 g/mol. The molecule has 0 aliphatic heterocycles. The Bertz CT molecular complexity index is 216. The van der Waals surface area contributed by atoms with E-state index in [1.807, 2.05) is 0 Å². The molecule has 1 saturated carbocycles. The molecule has 0 saturated heterocycles. The Hall–Kier alpha value is 1.83. The van der Waals surface area contributed by atoms with Crippen molar-refractivity contribution in [3.05, 3.63) is 0 Å². The van der Waals surface area contributed by atoms with Crippen LogP contribution in [0.2, 0.25) is 0 Å². The van der Waals surface area contributed by atoms with Crippen molar-refractivity contribution in [1.82, 2.24) is 0 Å². The molecule has 0 atom stereocenters. The fourth-order valence-corrected chi connectivity index (χ4v) is 1.92. The number of rotatable bonds is 2. The van der Waals surface area contributed by atoms with Gasteiger partial charge in [0.2, 0.25) is 0 Å². The van der Waals surface area contributed by atoms with Crippen molar-refractivity contribution in [2.75, 3.05) is 0 Å². The van der Waals surface area contributed by atoms with Crippen molar-refractivity contribution in [2.45, 2.75) is 38.2 Å². The molecule has 4 N–H and O–H groups in total. The third-order valence-electron chi connectivity index (χ3n) is 1.82. The monoisotopic (exact) mass is 245 g/mol. The van der Waals surface area contributed by atoms with Crippen LogP contribution in [0.3, 0.4) is 0 Å². The van der Waals surface area contributed by atoms with E-state index in [2.05, 4.69) is 4.18 Å². The molecule has 0 unspecified atom stereocenters. The van der Waals surface area contributed by atoms with Gasteiger partial charge in [0.05, 0.1) is 6.10 Å². The van der Waals surface area contributed by atoms with Crippen molar-refractivity contribution >= 4 is 69.4 Å². The first-order valence-corrected chi connectivity index (χ1v) is 5.26. The minimum atomic E-state index is -3.72. The van der Waals surface area contributed by atoms with Crippen LogP contribution in [0.15, 0.2) is 0 Å². The Morgan fingerprint density at radius 3 is 1.86 bits per heavy atom. The zero-order chi connectivity index (χ0) is 8.32. The van der Waals surface area contributed by atoms with E-state index in [9.17, 15) is 8.42 Å². The average Bonchev–Trinajstić information content (AvgIpc) is 1.85. The van der Waals surface area contributed by atoms with Gasteiger partial charge in [-0.25, -0.2) is 5.14 Å². The molecule has 1 aliphatic carbocycles. The van der Waals surface area contributed by atoms with Crippen LogP contribution in [0.25, 0.3) is 0 Å². The quantitative estimate of drug-likeness (QED) is 0.594. The van der Waals surface area contributed by atoms with E-state index < -0.39 is 10.3 Å². The van der Waals surface area contributed by atoms with Gasteiger partial charge in [0.15, 0.2) is 0 Å². The molecule has 14 heavy (non-hydrogen) atoms. The van der Waals surface area contributed by atoms with E-state index >= 15 is 0 Å². The molecular formula is C6H17NNa2O4S. The topological polar surface area (TPSA) is 101 Å². The Balaban J connectivity index is -0.000000403. The van der Waals surface area contributed by atoms with Gasteiger partial charge in [0.25, 0.3) is 0 Å². The second kappa shape index (κ2) is 10.0. The first-order chi connectivity index (χ1) is 5.08. The summed E-state index contributed by atoms with van der Waals surface area (Å²) in [6.07, 6.45) is 4.72. The second-order valence-electron chi connectivity index (χ2n) is 2.85. The Labute approximate surface area is 129 Å². The fourth-order valence-electron chi connectivity index (χ4n) is 1.35. The Morgan fingerprint density at radius 1 is 1.07 bits per heavy atom. The summed E-state index contributed by atoms with van der Waals surface area (Å²) in [6, 6.07) is 0. The van der Waals surface area contributed by atoms with Gasteiger partial charge < -0.3 is 5.48 Å². The number of nitrogens with two attached hydrogens (primary N) is 1. The first-order valence-electron chi connectivity index (χ1n) is 3.79. The van der Waals surface area contributed by atoms with Crippen LogP contribution in [0.5, 0.6) is 0 Å². The van der Waals surface area contributed by atoms with Crippen LogP contribution in [0.4, 0.5) is 0 Å². The fraction of sp³-hybridized carbons (Fsp3) is 1.00. The normalized spacial score (nSPS) is 17.2. The van der Waals surface area contributed by atoms with Crippen molar-refractivity contribution < 1.29 is 18.1 Å². The summed E-state index contributed by atoms with van der Waals surface area (Å²) in [5, 5.41) is 4.72. The van der Waals surface area contributed by atoms with Crippen LogP contribution in [-0.4, -0.2) is 79.1 Å². The first kappa shape index (κ1) is 21.1. The molecule has 0 aromatic heterocycles. The summed E-state index contributed by atoms with van der Waals surface area (Å²) in [7, 11) is -3.72. The third-order valence-corrected chi connectivity index (χ3v) is 2.36. The Kier molecular flexibility index (Phi) is 15.1. The SMILES string of the molecule is NS(=O)(=O)OC1CCCCC1.O.[NaH].[NaH]. The van der Waals surface area contributed by atoms with Gasteiger partial charge in [0, 0.05) is 0 Å². The molecule has 1 rings (SSSR count). The van der Waals surface area contributed by atoms with Crippen molar-refractivity contribution in [3.63, 3.8) is 0 Å². The minimum absolute atomic E-state index is 0. The predicted molar refractivity (Wildman–Crippen MR) is 59.0 cm³/mol. The van der Waals surface area contributed by atoms with Gasteiger partial charge in [-0.05, 0) is 12.8 Å². The molecule has 1 fully saturated rings. The van der Waals surface area contributed by atoms with E-state index in [0.29, 0.717) is 0 Å². The summed E-state index contributed by atoms with van der Waals surface area (Å²) >= 11 is 0. The van der Waals surface area contributed by atoms with Crippen molar-refractivity contribution in [3.8, 4) is 0 Å². The van der Waals surface area contributed by atoms with Crippen LogP contribution >= 0.6 is 0 Å². The molecule has 0 aromatic carbocycles. The van der Waals surface area contributed by atoms with E-state index in [-0.39, 0.29) is 70.7 Å². The number of hydrogen-bond acceptors (Lipinski definition) is 3. The summed E-state index contributed by atoms with van der Waals surface area (Å²) in [5.74, 6) is 0. The summed E-state index contributed by atoms with van der Waals surface area (Å²) < 4.78 is 25.5. The van der Waals surface area contributed by atoms with E-state index in [1.165, 1.54) is 6.42 Å². The van der Waals surface area contributed by atoms with Crippen molar-refractivity contribution in [2.24, 2.45) is 5.14 Å². The maximum absolute atomic E-state index is 10.5. The van der Waals surface area contributed by atoms with Gasteiger partial charge in [-0.2, -0.15) is 8.42 Å². The molecule has 0 heterocycles. The van der Waals surface area contributed by atoms with Gasteiger partial charge in [0.1, 0.15) is 0 Å². The van der Waals surface area contributed by atoms with Crippen LogP contribution in [-0.2, 0) is 14.5 Å². The molecule has 0 amide bonds. The van der Waals surface area contributed by atoms with Crippen LogP contribution < -0.4 is 5.14 Å². The molecule has 5 nitrogen and oxygen atoms in total. The van der Waals surface area contributed by atoms with E-state index in [1.54, 1.807) is 0 Å². The van der Waals surface area contributed by atoms with Gasteiger partial charge in [-0.1, -0.05) is 19.3 Å². The second-order valence-corrected chi connectivity index (χ2v) is 4.03. The van der Waals surface area contributed by atoms with E-state index in [0.717, 1.165) is 25.7 Å². The standard InChI is InChI=1S/C6H13NO3S.2Na.H2O.2H/c7-11(8,9)10-6-4-2-1-3-5-6;;;;;/h6H,1-5H2,(H2,7,8,9);;;1H2;;. The predicted octanol–water partition coefficient (Wildman–Crippen LogP) is -1.58. The zero-order valence-corrected chi connectivity index (χ0v) is 7.64. The number of hydrogen-bond donors (Lipinski definition) is 1. The maximum atomic E-state index is 10.5. The van der Waals surface area contributed by atoms with Gasteiger partial charge >= 0.3 is 69.4 Å². The molecule has 0 radical (unpaired) electrons. The van der Waals surface area contributed by atoms with Crippen LogP contribution in [0, 0.1) is 0 Å². The van der Waals surface area contributed by atoms with Crippen LogP contribution in [0.1, 0.15) is 32.1 Å². The molecule has 0 bridgehead atoms. The molecule has 0 aromatic rings. The zero-order valence-electron chi connectivity index (χ0n) is 6.82. The summed E-state index contributed by atoms with van der Waals surface area (Å²) in [5.41, 5.74) is 0. The molecule has 78 valence electrons. The molecule has 0 spiro atoms. The van der Waals surface area contributed by atoms with Gasteiger partial charge in [-0.15, -0.1) is 0 Å². The molecule has 1 aliphatic rings. The Morgan fingerprint density at radius 2 is 1.50 bits per heavy atom. The van der Waals surface area contributed by atoms with E-state index in [4.69, 9.17) is 5.14 Å². The summed E-state index contributed by atoms with van der Waals surface area (Å²) in [4.78, 5) is 0.